The van der Waals surface area contributed by atoms with Crippen LogP contribution in [0.15, 0.2) is 0 Å². The van der Waals surface area contributed by atoms with Crippen molar-refractivity contribution in [3.63, 3.8) is 0 Å². The minimum Gasteiger partial charge on any atom is -0.480 e. The molecule has 1 fully saturated rings. The summed E-state index contributed by atoms with van der Waals surface area (Å²) < 4.78 is 5.31. The minimum absolute atomic E-state index is 0.0749. The summed E-state index contributed by atoms with van der Waals surface area (Å²) in [7, 11) is 0. The molecule has 0 spiro atoms. The molecule has 0 aliphatic carbocycles. The number of nitrogens with one attached hydrogen (secondary N) is 1. The normalized spacial score (nSPS) is 27.5. The highest BCUT2D eigenvalue weighted by Gasteiger charge is 2.34. The Balaban J connectivity index is 2.61. The number of rotatable bonds is 5. The summed E-state index contributed by atoms with van der Waals surface area (Å²) in [5, 5.41) is 11.7. The number of hydrogen-bond donors (Lipinski definition) is 2. The molecular weight excluding hydrogens is 222 g/mol. The molecule has 0 saturated carbocycles. The van der Waals surface area contributed by atoms with Crippen molar-refractivity contribution < 1.29 is 19.4 Å². The molecule has 5 nitrogen and oxygen atoms in total. The molecule has 0 bridgehead atoms. The lowest BCUT2D eigenvalue weighted by atomic mass is 9.96. The Labute approximate surface area is 102 Å². The molecule has 1 aliphatic heterocycles. The lowest BCUT2D eigenvalue weighted by molar-refractivity contribution is -0.144. The van der Waals surface area contributed by atoms with Gasteiger partial charge < -0.3 is 15.2 Å². The second kappa shape index (κ2) is 6.00. The van der Waals surface area contributed by atoms with Crippen molar-refractivity contribution in [2.24, 2.45) is 11.8 Å². The number of carbonyl (C=O) groups is 2. The summed E-state index contributed by atoms with van der Waals surface area (Å²) in [6.45, 7) is 6.15. The smallest absolute Gasteiger partial charge is 0.326 e. The Morgan fingerprint density at radius 2 is 2.18 bits per heavy atom. The Kier molecular flexibility index (Phi) is 4.93. The van der Waals surface area contributed by atoms with E-state index in [0.29, 0.717) is 19.4 Å². The quantitative estimate of drug-likeness (QED) is 0.756. The number of carbonyl (C=O) groups excluding carboxylic acids is 1. The molecule has 98 valence electrons. The van der Waals surface area contributed by atoms with Crippen molar-refractivity contribution in [2.45, 2.75) is 45.8 Å². The molecule has 0 aromatic heterocycles. The van der Waals surface area contributed by atoms with Gasteiger partial charge in [0.05, 0.1) is 12.0 Å². The summed E-state index contributed by atoms with van der Waals surface area (Å²) in [4.78, 5) is 23.0. The van der Waals surface area contributed by atoms with E-state index < -0.39 is 12.0 Å². The third kappa shape index (κ3) is 3.43. The van der Waals surface area contributed by atoms with E-state index in [1.807, 2.05) is 20.8 Å². The van der Waals surface area contributed by atoms with Gasteiger partial charge in [0.25, 0.3) is 0 Å². The van der Waals surface area contributed by atoms with Crippen LogP contribution in [-0.4, -0.2) is 35.7 Å². The highest BCUT2D eigenvalue weighted by molar-refractivity contribution is 5.85. The summed E-state index contributed by atoms with van der Waals surface area (Å²) >= 11 is 0. The van der Waals surface area contributed by atoms with Crippen molar-refractivity contribution in [3.8, 4) is 0 Å². The van der Waals surface area contributed by atoms with Crippen LogP contribution in [0.2, 0.25) is 0 Å². The Morgan fingerprint density at radius 1 is 1.53 bits per heavy atom. The number of carboxylic acid groups (broad SMARTS) is 1. The molecule has 4 atom stereocenters. The molecule has 17 heavy (non-hydrogen) atoms. The highest BCUT2D eigenvalue weighted by atomic mass is 16.5. The van der Waals surface area contributed by atoms with Crippen LogP contribution in [0, 0.1) is 11.8 Å². The van der Waals surface area contributed by atoms with Crippen LogP contribution >= 0.6 is 0 Å². The highest BCUT2D eigenvalue weighted by Crippen LogP contribution is 2.21. The van der Waals surface area contributed by atoms with Gasteiger partial charge in [0.2, 0.25) is 5.91 Å². The fourth-order valence-electron chi connectivity index (χ4n) is 2.02. The first-order chi connectivity index (χ1) is 7.97. The second-order valence-corrected chi connectivity index (χ2v) is 4.68. The van der Waals surface area contributed by atoms with E-state index in [2.05, 4.69) is 5.32 Å². The molecule has 1 heterocycles. The van der Waals surface area contributed by atoms with Gasteiger partial charge in [0.1, 0.15) is 6.04 Å². The Bertz CT molecular complexity index is 292. The number of ether oxygens (including phenoxy) is 1. The lowest BCUT2D eigenvalue weighted by Gasteiger charge is -2.22. The van der Waals surface area contributed by atoms with E-state index in [4.69, 9.17) is 9.84 Å². The maximum absolute atomic E-state index is 11.9. The molecule has 0 radical (unpaired) electrons. The SMILES string of the molecule is CC[C@H](C)[C@H](NC(=O)C1CCOC1C)C(=O)O. The van der Waals surface area contributed by atoms with Crippen LogP contribution in [0.3, 0.4) is 0 Å². The standard InChI is InChI=1S/C12H21NO4/c1-4-7(2)10(12(15)16)13-11(14)9-5-6-17-8(9)3/h7-10H,4-6H2,1-3H3,(H,13,14)(H,15,16)/t7-,8?,9?,10-/m0/s1. The summed E-state index contributed by atoms with van der Waals surface area (Å²) in [5.74, 6) is -1.48. The number of hydrogen-bond acceptors (Lipinski definition) is 3. The van der Waals surface area contributed by atoms with Crippen molar-refractivity contribution in [3.05, 3.63) is 0 Å². The molecule has 0 aromatic carbocycles. The first-order valence-corrected chi connectivity index (χ1v) is 6.12. The molecule has 0 aromatic rings. The van der Waals surface area contributed by atoms with Crippen LogP contribution in [-0.2, 0) is 14.3 Å². The van der Waals surface area contributed by atoms with Crippen LogP contribution < -0.4 is 5.32 Å². The predicted molar refractivity (Wildman–Crippen MR) is 62.5 cm³/mol. The van der Waals surface area contributed by atoms with E-state index in [-0.39, 0.29) is 23.8 Å². The molecular formula is C12H21NO4. The maximum atomic E-state index is 11.9. The van der Waals surface area contributed by atoms with Gasteiger partial charge in [-0.15, -0.1) is 0 Å². The number of amides is 1. The molecule has 1 rings (SSSR count). The average molecular weight is 243 g/mol. The van der Waals surface area contributed by atoms with Gasteiger partial charge in [-0.1, -0.05) is 20.3 Å². The molecule has 5 heteroatoms. The van der Waals surface area contributed by atoms with E-state index in [1.54, 1.807) is 0 Å². The first-order valence-electron chi connectivity index (χ1n) is 6.12. The zero-order chi connectivity index (χ0) is 13.0. The third-order valence-corrected chi connectivity index (χ3v) is 3.49. The van der Waals surface area contributed by atoms with Crippen LogP contribution in [0.4, 0.5) is 0 Å². The Hall–Kier alpha value is -1.10. The van der Waals surface area contributed by atoms with Crippen LogP contribution in [0.5, 0.6) is 0 Å². The zero-order valence-electron chi connectivity index (χ0n) is 10.6. The Morgan fingerprint density at radius 3 is 2.59 bits per heavy atom. The van der Waals surface area contributed by atoms with Crippen molar-refractivity contribution in [2.75, 3.05) is 6.61 Å². The predicted octanol–water partition coefficient (Wildman–Crippen LogP) is 1.03. The monoisotopic (exact) mass is 243 g/mol. The van der Waals surface area contributed by atoms with Gasteiger partial charge in [-0.25, -0.2) is 4.79 Å². The number of carboxylic acids is 1. The van der Waals surface area contributed by atoms with E-state index >= 15 is 0 Å². The minimum atomic E-state index is -0.973. The lowest BCUT2D eigenvalue weighted by Crippen LogP contribution is -2.48. The van der Waals surface area contributed by atoms with Gasteiger partial charge in [0, 0.05) is 6.61 Å². The van der Waals surface area contributed by atoms with Crippen LogP contribution in [0.25, 0.3) is 0 Å². The van der Waals surface area contributed by atoms with Gasteiger partial charge >= 0.3 is 5.97 Å². The summed E-state index contributed by atoms with van der Waals surface area (Å²) in [5.41, 5.74) is 0. The summed E-state index contributed by atoms with van der Waals surface area (Å²) in [6, 6.07) is -0.805. The van der Waals surface area contributed by atoms with Gasteiger partial charge in [0.15, 0.2) is 0 Å². The van der Waals surface area contributed by atoms with E-state index in [1.165, 1.54) is 0 Å². The average Bonchev–Trinajstić information content (AvgIpc) is 2.70. The molecule has 2 unspecified atom stereocenters. The van der Waals surface area contributed by atoms with Crippen molar-refractivity contribution in [1.29, 1.82) is 0 Å². The largest absolute Gasteiger partial charge is 0.480 e. The summed E-state index contributed by atoms with van der Waals surface area (Å²) in [6.07, 6.45) is 1.26. The molecule has 2 N–H and O–H groups in total. The topological polar surface area (TPSA) is 75.6 Å². The first kappa shape index (κ1) is 14.0. The number of aliphatic carboxylic acids is 1. The third-order valence-electron chi connectivity index (χ3n) is 3.49. The second-order valence-electron chi connectivity index (χ2n) is 4.68. The van der Waals surface area contributed by atoms with Gasteiger partial charge in [-0.05, 0) is 19.3 Å². The van der Waals surface area contributed by atoms with E-state index in [0.717, 1.165) is 0 Å². The fraction of sp³-hybridized carbons (Fsp3) is 0.833. The van der Waals surface area contributed by atoms with Gasteiger partial charge in [-0.2, -0.15) is 0 Å². The molecule has 1 saturated heterocycles. The van der Waals surface area contributed by atoms with Crippen molar-refractivity contribution >= 4 is 11.9 Å². The van der Waals surface area contributed by atoms with Gasteiger partial charge in [-0.3, -0.25) is 4.79 Å². The van der Waals surface area contributed by atoms with Crippen LogP contribution in [0.1, 0.15) is 33.6 Å². The maximum Gasteiger partial charge on any atom is 0.326 e. The molecule has 1 aliphatic rings. The zero-order valence-corrected chi connectivity index (χ0v) is 10.6. The van der Waals surface area contributed by atoms with Crippen molar-refractivity contribution in [1.82, 2.24) is 5.32 Å². The van der Waals surface area contributed by atoms with E-state index in [9.17, 15) is 9.59 Å². The fourth-order valence-corrected chi connectivity index (χ4v) is 2.02. The molecule has 1 amide bonds.